The Morgan fingerprint density at radius 3 is 2.10 bits per heavy atom. The number of ketones is 1. The van der Waals surface area contributed by atoms with E-state index in [0.29, 0.717) is 0 Å². The highest BCUT2D eigenvalue weighted by Crippen LogP contribution is 2.43. The van der Waals surface area contributed by atoms with E-state index in [1.54, 1.807) is 18.2 Å². The van der Waals surface area contributed by atoms with Crippen LogP contribution < -0.4 is 0 Å². The second kappa shape index (κ2) is 4.88. The number of phenolic OH excluding ortho intramolecular Hbond substituents is 2. The van der Waals surface area contributed by atoms with Crippen LogP contribution in [0.5, 0.6) is 11.5 Å². The van der Waals surface area contributed by atoms with Gasteiger partial charge in [0.25, 0.3) is 0 Å². The molecule has 0 radical (unpaired) electrons. The molecule has 2 N–H and O–H groups in total. The smallest absolute Gasteiger partial charge is 0.423 e. The van der Waals surface area contributed by atoms with Crippen LogP contribution in [0.1, 0.15) is 21.5 Å². The minimum absolute atomic E-state index is 0.140. The molecular formula is C14H9F3O3. The maximum atomic E-state index is 12.7. The van der Waals surface area contributed by atoms with Crippen LogP contribution >= 0.6 is 0 Å². The van der Waals surface area contributed by atoms with E-state index in [-0.39, 0.29) is 5.56 Å². The molecule has 0 bridgehead atoms. The van der Waals surface area contributed by atoms with E-state index < -0.39 is 34.6 Å². The first-order valence-corrected chi connectivity index (χ1v) is 5.54. The van der Waals surface area contributed by atoms with Crippen molar-refractivity contribution in [1.82, 2.24) is 0 Å². The summed E-state index contributed by atoms with van der Waals surface area (Å²) in [4.78, 5) is 12.0. The molecule has 20 heavy (non-hydrogen) atoms. The number of halogens is 3. The number of alkyl halides is 3. The van der Waals surface area contributed by atoms with Crippen LogP contribution in [-0.4, -0.2) is 16.0 Å². The number of hydrogen-bond acceptors (Lipinski definition) is 3. The van der Waals surface area contributed by atoms with Gasteiger partial charge < -0.3 is 10.2 Å². The molecule has 3 nitrogen and oxygen atoms in total. The van der Waals surface area contributed by atoms with Gasteiger partial charge in [-0.25, -0.2) is 0 Å². The summed E-state index contributed by atoms with van der Waals surface area (Å²) < 4.78 is 38.2. The van der Waals surface area contributed by atoms with Crippen molar-refractivity contribution in [1.29, 1.82) is 0 Å². The summed E-state index contributed by atoms with van der Waals surface area (Å²) in [6.07, 6.45) is -4.96. The third kappa shape index (κ3) is 2.45. The van der Waals surface area contributed by atoms with Crippen molar-refractivity contribution in [2.75, 3.05) is 0 Å². The molecule has 104 valence electrons. The van der Waals surface area contributed by atoms with Crippen molar-refractivity contribution >= 4 is 5.78 Å². The Labute approximate surface area is 111 Å². The minimum atomic E-state index is -4.96. The highest BCUT2D eigenvalue weighted by atomic mass is 19.4. The largest absolute Gasteiger partial charge is 0.507 e. The molecule has 0 aliphatic rings. The average molecular weight is 282 g/mol. The molecule has 0 spiro atoms. The Balaban J connectivity index is 2.58. The quantitative estimate of drug-likeness (QED) is 0.830. The van der Waals surface area contributed by atoms with Gasteiger partial charge in [-0.2, -0.15) is 13.2 Å². The molecule has 0 amide bonds. The molecule has 6 heteroatoms. The van der Waals surface area contributed by atoms with Crippen molar-refractivity contribution in [2.24, 2.45) is 0 Å². The van der Waals surface area contributed by atoms with Crippen molar-refractivity contribution in [2.45, 2.75) is 6.18 Å². The lowest BCUT2D eigenvalue weighted by Gasteiger charge is -2.13. The average Bonchev–Trinajstić information content (AvgIpc) is 2.37. The highest BCUT2D eigenvalue weighted by Gasteiger charge is 2.39. The van der Waals surface area contributed by atoms with Crippen molar-refractivity contribution in [3.63, 3.8) is 0 Å². The molecule has 0 atom stereocenters. The highest BCUT2D eigenvalue weighted by molar-refractivity contribution is 6.11. The van der Waals surface area contributed by atoms with Crippen LogP contribution in [0.4, 0.5) is 13.2 Å². The molecule has 0 saturated heterocycles. The molecule has 2 aromatic carbocycles. The molecule has 0 saturated carbocycles. The minimum Gasteiger partial charge on any atom is -0.507 e. The number of phenols is 2. The van der Waals surface area contributed by atoms with Crippen molar-refractivity contribution in [3.8, 4) is 11.5 Å². The molecule has 0 heterocycles. The molecule has 2 rings (SSSR count). The van der Waals surface area contributed by atoms with Gasteiger partial charge in [0.1, 0.15) is 17.1 Å². The van der Waals surface area contributed by atoms with E-state index in [4.69, 9.17) is 0 Å². The van der Waals surface area contributed by atoms with Crippen molar-refractivity contribution < 1.29 is 28.2 Å². The van der Waals surface area contributed by atoms with Gasteiger partial charge in [0.05, 0.1) is 5.56 Å². The number of hydrogen-bond donors (Lipinski definition) is 2. The SMILES string of the molecule is O=C(c1ccccc1)c1ccc(O)c(C(F)(F)F)c1O. The Morgan fingerprint density at radius 2 is 1.55 bits per heavy atom. The van der Waals surface area contributed by atoms with Gasteiger partial charge in [0.2, 0.25) is 0 Å². The number of carbonyl (C=O) groups is 1. The van der Waals surface area contributed by atoms with Crippen molar-refractivity contribution in [3.05, 3.63) is 59.2 Å². The van der Waals surface area contributed by atoms with E-state index >= 15 is 0 Å². The van der Waals surface area contributed by atoms with Gasteiger partial charge in [-0.1, -0.05) is 30.3 Å². The van der Waals surface area contributed by atoms with Gasteiger partial charge in [-0.15, -0.1) is 0 Å². The first kappa shape index (κ1) is 13.9. The van der Waals surface area contributed by atoms with Gasteiger partial charge >= 0.3 is 6.18 Å². The van der Waals surface area contributed by atoms with E-state index in [2.05, 4.69) is 0 Å². The van der Waals surface area contributed by atoms with Crippen LogP contribution in [0.15, 0.2) is 42.5 Å². The summed E-state index contributed by atoms with van der Waals surface area (Å²) in [5, 5.41) is 18.8. The zero-order chi connectivity index (χ0) is 14.9. The van der Waals surface area contributed by atoms with Gasteiger partial charge in [0, 0.05) is 5.56 Å². The van der Waals surface area contributed by atoms with Crippen LogP contribution in [0.2, 0.25) is 0 Å². The lowest BCUT2D eigenvalue weighted by molar-refractivity contribution is -0.140. The normalized spacial score (nSPS) is 11.3. The fourth-order valence-electron chi connectivity index (χ4n) is 1.79. The zero-order valence-electron chi connectivity index (χ0n) is 9.98. The maximum absolute atomic E-state index is 12.7. The van der Waals surface area contributed by atoms with E-state index in [0.717, 1.165) is 12.1 Å². The predicted molar refractivity (Wildman–Crippen MR) is 64.6 cm³/mol. The molecule has 0 fully saturated rings. The topological polar surface area (TPSA) is 57.5 Å². The standard InChI is InChI=1S/C14H9F3O3/c15-14(16,17)11-10(18)7-6-9(13(11)20)12(19)8-4-2-1-3-5-8/h1-7,18,20H. The number of benzene rings is 2. The number of rotatable bonds is 2. The summed E-state index contributed by atoms with van der Waals surface area (Å²) in [6.45, 7) is 0. The first-order chi connectivity index (χ1) is 9.32. The zero-order valence-corrected chi connectivity index (χ0v) is 9.98. The third-order valence-electron chi connectivity index (χ3n) is 2.72. The second-order valence-corrected chi connectivity index (χ2v) is 4.05. The molecule has 0 aliphatic carbocycles. The Bertz CT molecular complexity index is 649. The molecular weight excluding hydrogens is 273 g/mol. The molecule has 0 aromatic heterocycles. The number of aromatic hydroxyl groups is 2. The molecule has 0 unspecified atom stereocenters. The third-order valence-corrected chi connectivity index (χ3v) is 2.72. The first-order valence-electron chi connectivity index (χ1n) is 5.54. The second-order valence-electron chi connectivity index (χ2n) is 4.05. The number of carbonyl (C=O) groups excluding carboxylic acids is 1. The fourth-order valence-corrected chi connectivity index (χ4v) is 1.79. The van der Waals surface area contributed by atoms with Crippen LogP contribution in [-0.2, 0) is 6.18 Å². The van der Waals surface area contributed by atoms with E-state index in [9.17, 15) is 28.2 Å². The maximum Gasteiger partial charge on any atom is 0.423 e. The fraction of sp³-hybridized carbons (Fsp3) is 0.0714. The molecule has 0 aliphatic heterocycles. The summed E-state index contributed by atoms with van der Waals surface area (Å²) in [5.41, 5.74) is -1.98. The summed E-state index contributed by atoms with van der Waals surface area (Å²) in [7, 11) is 0. The summed E-state index contributed by atoms with van der Waals surface area (Å²) >= 11 is 0. The van der Waals surface area contributed by atoms with Crippen LogP contribution in [0.25, 0.3) is 0 Å². The van der Waals surface area contributed by atoms with Gasteiger partial charge in [-0.05, 0) is 12.1 Å². The Hall–Kier alpha value is -2.50. The van der Waals surface area contributed by atoms with Gasteiger partial charge in [-0.3, -0.25) is 4.79 Å². The van der Waals surface area contributed by atoms with Gasteiger partial charge in [0.15, 0.2) is 5.78 Å². The van der Waals surface area contributed by atoms with E-state index in [1.165, 1.54) is 12.1 Å². The van der Waals surface area contributed by atoms with Crippen LogP contribution in [0.3, 0.4) is 0 Å². The summed E-state index contributed by atoms with van der Waals surface area (Å²) in [6, 6.07) is 9.27. The Kier molecular flexibility index (Phi) is 3.40. The Morgan fingerprint density at radius 1 is 0.950 bits per heavy atom. The monoisotopic (exact) mass is 282 g/mol. The summed E-state index contributed by atoms with van der Waals surface area (Å²) in [5.74, 6) is -3.15. The van der Waals surface area contributed by atoms with E-state index in [1.807, 2.05) is 0 Å². The lowest BCUT2D eigenvalue weighted by atomic mass is 9.99. The molecule has 2 aromatic rings. The predicted octanol–water partition coefficient (Wildman–Crippen LogP) is 3.35. The van der Waals surface area contributed by atoms with Crippen LogP contribution in [0, 0.1) is 0 Å². The lowest BCUT2D eigenvalue weighted by Crippen LogP contribution is -2.09.